The van der Waals surface area contributed by atoms with Gasteiger partial charge in [-0.1, -0.05) is 19.3 Å². The van der Waals surface area contributed by atoms with E-state index in [1.807, 2.05) is 0 Å². The molecule has 1 N–H and O–H groups in total. The fourth-order valence-corrected chi connectivity index (χ4v) is 2.90. The molecule has 0 spiro atoms. The second kappa shape index (κ2) is 4.97. The molecular weight excluding hydrogens is 190 g/mol. The Kier molecular flexibility index (Phi) is 3.62. The van der Waals surface area contributed by atoms with Crippen LogP contribution in [-0.4, -0.2) is 26.2 Å². The fourth-order valence-electron chi connectivity index (χ4n) is 2.90. The molecule has 3 heteroatoms. The van der Waals surface area contributed by atoms with Crippen molar-refractivity contribution in [1.82, 2.24) is 5.32 Å². The number of carbonyl (C=O) groups excluding carboxylic acids is 1. The summed E-state index contributed by atoms with van der Waals surface area (Å²) in [6.45, 7) is 2.22. The van der Waals surface area contributed by atoms with E-state index in [1.54, 1.807) is 0 Å². The van der Waals surface area contributed by atoms with Crippen LogP contribution in [0.25, 0.3) is 0 Å². The molecule has 3 nitrogen and oxygen atoms in total. The maximum atomic E-state index is 11.4. The summed E-state index contributed by atoms with van der Waals surface area (Å²) in [7, 11) is 1.49. The normalized spacial score (nSPS) is 28.5. The van der Waals surface area contributed by atoms with Crippen LogP contribution >= 0.6 is 0 Å². The van der Waals surface area contributed by atoms with Gasteiger partial charge < -0.3 is 10.1 Å². The summed E-state index contributed by atoms with van der Waals surface area (Å²) >= 11 is 0. The Hall–Kier alpha value is -0.570. The minimum atomic E-state index is -0.0289. The third kappa shape index (κ3) is 2.51. The van der Waals surface area contributed by atoms with Gasteiger partial charge in [0.2, 0.25) is 0 Å². The molecule has 2 fully saturated rings. The molecule has 2 atom stereocenters. The van der Waals surface area contributed by atoms with E-state index in [0.717, 1.165) is 19.0 Å². The maximum Gasteiger partial charge on any atom is 0.305 e. The first-order chi connectivity index (χ1) is 7.31. The topological polar surface area (TPSA) is 38.3 Å². The van der Waals surface area contributed by atoms with E-state index in [9.17, 15) is 4.79 Å². The van der Waals surface area contributed by atoms with Crippen molar-refractivity contribution in [3.63, 3.8) is 0 Å². The summed E-state index contributed by atoms with van der Waals surface area (Å²) in [6.07, 6.45) is 5.85. The Morgan fingerprint density at radius 1 is 1.40 bits per heavy atom. The van der Waals surface area contributed by atoms with Crippen molar-refractivity contribution in [1.29, 1.82) is 0 Å². The smallest absolute Gasteiger partial charge is 0.305 e. The van der Waals surface area contributed by atoms with E-state index >= 15 is 0 Å². The van der Waals surface area contributed by atoms with Gasteiger partial charge in [0.15, 0.2) is 0 Å². The van der Waals surface area contributed by atoms with Gasteiger partial charge in [0.1, 0.15) is 0 Å². The van der Waals surface area contributed by atoms with Crippen molar-refractivity contribution in [3.8, 4) is 0 Å². The quantitative estimate of drug-likeness (QED) is 0.717. The lowest BCUT2D eigenvalue weighted by molar-refractivity contribution is -0.143. The van der Waals surface area contributed by atoms with Gasteiger partial charge in [-0.05, 0) is 37.3 Å². The predicted octanol–water partition coefficient (Wildman–Crippen LogP) is 1.58. The average Bonchev–Trinajstić information content (AvgIpc) is 2.66. The molecule has 0 aromatic carbocycles. The Labute approximate surface area is 91.6 Å². The third-order valence-electron chi connectivity index (χ3n) is 4.09. The monoisotopic (exact) mass is 211 g/mol. The van der Waals surface area contributed by atoms with Crippen LogP contribution in [0, 0.1) is 17.8 Å². The van der Waals surface area contributed by atoms with Gasteiger partial charge in [-0.25, -0.2) is 0 Å². The second-order valence-corrected chi connectivity index (χ2v) is 4.89. The standard InChI is InChI=1S/C12H21NO2/c1-15-12(14)7-11(9-3-2-4-9)10-5-6-13-8-10/h9-11,13H,2-8H2,1H3. The van der Waals surface area contributed by atoms with Gasteiger partial charge in [0, 0.05) is 6.42 Å². The minimum absolute atomic E-state index is 0.0289. The van der Waals surface area contributed by atoms with Crippen molar-refractivity contribution in [2.75, 3.05) is 20.2 Å². The largest absolute Gasteiger partial charge is 0.469 e. The zero-order valence-electron chi connectivity index (χ0n) is 9.50. The van der Waals surface area contributed by atoms with Gasteiger partial charge in [0.05, 0.1) is 7.11 Å². The molecule has 1 heterocycles. The van der Waals surface area contributed by atoms with E-state index in [0.29, 0.717) is 18.3 Å². The Morgan fingerprint density at radius 3 is 2.67 bits per heavy atom. The molecule has 0 amide bonds. The lowest BCUT2D eigenvalue weighted by atomic mass is 9.69. The number of carbonyl (C=O) groups is 1. The van der Waals surface area contributed by atoms with Crippen molar-refractivity contribution >= 4 is 5.97 Å². The number of nitrogens with one attached hydrogen (secondary N) is 1. The molecule has 15 heavy (non-hydrogen) atoms. The number of rotatable bonds is 4. The summed E-state index contributed by atoms with van der Waals surface area (Å²) in [6, 6.07) is 0. The van der Waals surface area contributed by atoms with Crippen LogP contribution in [0.3, 0.4) is 0 Å². The molecule has 0 aromatic heterocycles. The molecule has 1 saturated carbocycles. The zero-order chi connectivity index (χ0) is 10.7. The van der Waals surface area contributed by atoms with E-state index < -0.39 is 0 Å². The van der Waals surface area contributed by atoms with Gasteiger partial charge in [-0.3, -0.25) is 4.79 Å². The number of hydrogen-bond acceptors (Lipinski definition) is 3. The Morgan fingerprint density at radius 2 is 2.20 bits per heavy atom. The first kappa shape index (κ1) is 10.9. The molecule has 0 bridgehead atoms. The van der Waals surface area contributed by atoms with E-state index in [4.69, 9.17) is 4.74 Å². The Bertz CT molecular complexity index is 220. The van der Waals surface area contributed by atoms with Crippen LogP contribution in [0.15, 0.2) is 0 Å². The maximum absolute atomic E-state index is 11.4. The fraction of sp³-hybridized carbons (Fsp3) is 0.917. The van der Waals surface area contributed by atoms with Gasteiger partial charge in [-0.2, -0.15) is 0 Å². The summed E-state index contributed by atoms with van der Waals surface area (Å²) in [5.41, 5.74) is 0. The molecule has 2 aliphatic rings. The molecular formula is C12H21NO2. The third-order valence-corrected chi connectivity index (χ3v) is 4.09. The first-order valence-corrected chi connectivity index (χ1v) is 6.09. The molecule has 0 radical (unpaired) electrons. The van der Waals surface area contributed by atoms with Crippen LogP contribution < -0.4 is 5.32 Å². The molecule has 1 saturated heterocycles. The lowest BCUT2D eigenvalue weighted by Crippen LogP contribution is -2.32. The average molecular weight is 211 g/mol. The summed E-state index contributed by atoms with van der Waals surface area (Å²) < 4.78 is 4.80. The summed E-state index contributed by atoms with van der Waals surface area (Å²) in [5, 5.41) is 3.40. The second-order valence-electron chi connectivity index (χ2n) is 4.89. The van der Waals surface area contributed by atoms with E-state index in [-0.39, 0.29) is 5.97 Å². The highest BCUT2D eigenvalue weighted by molar-refractivity contribution is 5.69. The summed E-state index contributed by atoms with van der Waals surface area (Å²) in [4.78, 5) is 11.4. The highest BCUT2D eigenvalue weighted by atomic mass is 16.5. The predicted molar refractivity (Wildman–Crippen MR) is 58.4 cm³/mol. The van der Waals surface area contributed by atoms with Gasteiger partial charge in [0.25, 0.3) is 0 Å². The molecule has 0 aromatic rings. The SMILES string of the molecule is COC(=O)CC(C1CCC1)C1CCNC1. The summed E-state index contributed by atoms with van der Waals surface area (Å²) in [5.74, 6) is 2.03. The van der Waals surface area contributed by atoms with Crippen LogP contribution in [0.4, 0.5) is 0 Å². The van der Waals surface area contributed by atoms with E-state index in [2.05, 4.69) is 5.32 Å². The van der Waals surface area contributed by atoms with Crippen molar-refractivity contribution in [2.45, 2.75) is 32.1 Å². The van der Waals surface area contributed by atoms with Crippen molar-refractivity contribution < 1.29 is 9.53 Å². The molecule has 86 valence electrons. The number of esters is 1. The zero-order valence-corrected chi connectivity index (χ0v) is 9.50. The van der Waals surface area contributed by atoms with Crippen molar-refractivity contribution in [3.05, 3.63) is 0 Å². The molecule has 1 aliphatic heterocycles. The van der Waals surface area contributed by atoms with E-state index in [1.165, 1.54) is 32.8 Å². The number of ether oxygens (including phenoxy) is 1. The lowest BCUT2D eigenvalue weighted by Gasteiger charge is -2.36. The molecule has 2 unspecified atom stereocenters. The number of methoxy groups -OCH3 is 1. The van der Waals surface area contributed by atoms with Crippen LogP contribution in [0.5, 0.6) is 0 Å². The Balaban J connectivity index is 1.91. The highest BCUT2D eigenvalue weighted by Gasteiger charge is 2.35. The minimum Gasteiger partial charge on any atom is -0.469 e. The van der Waals surface area contributed by atoms with Crippen LogP contribution in [-0.2, 0) is 9.53 Å². The van der Waals surface area contributed by atoms with Crippen molar-refractivity contribution in [2.24, 2.45) is 17.8 Å². The first-order valence-electron chi connectivity index (χ1n) is 6.09. The molecule has 2 rings (SSSR count). The number of hydrogen-bond donors (Lipinski definition) is 1. The van der Waals surface area contributed by atoms with Gasteiger partial charge in [-0.15, -0.1) is 0 Å². The highest BCUT2D eigenvalue weighted by Crippen LogP contribution is 2.40. The van der Waals surface area contributed by atoms with Gasteiger partial charge >= 0.3 is 5.97 Å². The van der Waals surface area contributed by atoms with Crippen LogP contribution in [0.2, 0.25) is 0 Å². The van der Waals surface area contributed by atoms with Crippen LogP contribution in [0.1, 0.15) is 32.1 Å². The molecule has 1 aliphatic carbocycles.